The first kappa shape index (κ1) is 16.5. The predicted molar refractivity (Wildman–Crippen MR) is 98.0 cm³/mol. The van der Waals surface area contributed by atoms with Crippen molar-refractivity contribution in [2.75, 3.05) is 0 Å². The van der Waals surface area contributed by atoms with E-state index >= 15 is 0 Å². The molecule has 0 fully saturated rings. The molecule has 0 heterocycles. The van der Waals surface area contributed by atoms with Gasteiger partial charge in [0, 0.05) is 16.5 Å². The van der Waals surface area contributed by atoms with Crippen molar-refractivity contribution in [1.29, 1.82) is 0 Å². The van der Waals surface area contributed by atoms with Crippen LogP contribution in [0.5, 0.6) is 0 Å². The van der Waals surface area contributed by atoms with Crippen LogP contribution >= 0.6 is 0 Å². The third-order valence-electron chi connectivity index (χ3n) is 4.04. The Morgan fingerprint density at radius 3 is 2.18 bits per heavy atom. The molecule has 116 valence electrons. The lowest BCUT2D eigenvalue weighted by molar-refractivity contribution is 0.626. The molecule has 0 radical (unpaired) electrons. The fraction of sp³-hybridized carbons (Fsp3) is 0.381. The summed E-state index contributed by atoms with van der Waals surface area (Å²) in [5.74, 6) is 0. The molecule has 1 nitrogen and oxygen atoms in total. The van der Waals surface area contributed by atoms with Crippen LogP contribution in [0.1, 0.15) is 41.5 Å². The van der Waals surface area contributed by atoms with E-state index in [1.54, 1.807) is 0 Å². The molecule has 0 aromatic heterocycles. The summed E-state index contributed by atoms with van der Waals surface area (Å²) in [6, 6.07) is 0. The molecule has 0 saturated carbocycles. The lowest BCUT2D eigenvalue weighted by Crippen LogP contribution is -2.01. The van der Waals surface area contributed by atoms with Crippen LogP contribution in [0.2, 0.25) is 0 Å². The van der Waals surface area contributed by atoms with E-state index < -0.39 is 0 Å². The standard InChI is InChI=1S/C21H27N/c1-16-9-13-21(5,6)15-11-19(16)22-17(2)18-8-7-12-20(3,4)14-10-18/h7-15H,1-6H3/b22-17+. The predicted octanol–water partition coefficient (Wildman–Crippen LogP) is 5.95. The summed E-state index contributed by atoms with van der Waals surface area (Å²) in [7, 11) is 0. The minimum Gasteiger partial charge on any atom is -0.253 e. The number of aliphatic imine (C=N–C) groups is 1. The van der Waals surface area contributed by atoms with Crippen LogP contribution in [0.4, 0.5) is 0 Å². The van der Waals surface area contributed by atoms with Gasteiger partial charge in [-0.25, -0.2) is 0 Å². The number of rotatable bonds is 2. The highest BCUT2D eigenvalue weighted by atomic mass is 14.8. The molecule has 0 N–H and O–H groups in total. The Morgan fingerprint density at radius 2 is 1.45 bits per heavy atom. The van der Waals surface area contributed by atoms with Crippen LogP contribution in [-0.2, 0) is 0 Å². The van der Waals surface area contributed by atoms with Crippen LogP contribution in [0.25, 0.3) is 0 Å². The maximum atomic E-state index is 4.86. The first-order valence-corrected chi connectivity index (χ1v) is 7.92. The summed E-state index contributed by atoms with van der Waals surface area (Å²) in [5, 5.41) is 0. The molecule has 0 aromatic rings. The Bertz CT molecular complexity index is 656. The Hall–Kier alpha value is -1.89. The van der Waals surface area contributed by atoms with Crippen molar-refractivity contribution in [1.82, 2.24) is 0 Å². The highest BCUT2D eigenvalue weighted by molar-refractivity contribution is 6.01. The van der Waals surface area contributed by atoms with Crippen LogP contribution in [0.3, 0.4) is 0 Å². The smallest absolute Gasteiger partial charge is 0.0659 e. The van der Waals surface area contributed by atoms with Gasteiger partial charge in [0.15, 0.2) is 0 Å². The fourth-order valence-corrected chi connectivity index (χ4v) is 2.33. The molecule has 2 rings (SSSR count). The fourth-order valence-electron chi connectivity index (χ4n) is 2.33. The normalized spacial score (nSPS) is 23.4. The molecule has 2 aliphatic carbocycles. The molecule has 22 heavy (non-hydrogen) atoms. The van der Waals surface area contributed by atoms with Crippen molar-refractivity contribution >= 4 is 5.71 Å². The van der Waals surface area contributed by atoms with Gasteiger partial charge in [0.2, 0.25) is 0 Å². The molecule has 0 aromatic carbocycles. The van der Waals surface area contributed by atoms with Crippen LogP contribution in [-0.4, -0.2) is 5.71 Å². The second-order valence-electron chi connectivity index (χ2n) is 7.39. The summed E-state index contributed by atoms with van der Waals surface area (Å²) in [4.78, 5) is 4.86. The second-order valence-corrected chi connectivity index (χ2v) is 7.39. The summed E-state index contributed by atoms with van der Waals surface area (Å²) >= 11 is 0. The highest BCUT2D eigenvalue weighted by Gasteiger charge is 2.14. The van der Waals surface area contributed by atoms with E-state index in [1.165, 1.54) is 11.1 Å². The zero-order valence-electron chi connectivity index (χ0n) is 14.6. The zero-order chi connectivity index (χ0) is 16.4. The molecule has 0 unspecified atom stereocenters. The van der Waals surface area contributed by atoms with Gasteiger partial charge in [0.05, 0.1) is 5.70 Å². The van der Waals surface area contributed by atoms with Gasteiger partial charge in [-0.05, 0) is 31.1 Å². The molecule has 0 amide bonds. The minimum atomic E-state index is 0.0840. The Balaban J connectivity index is 2.32. The summed E-state index contributed by atoms with van der Waals surface area (Å²) in [5.41, 5.74) is 4.65. The van der Waals surface area contributed by atoms with E-state index in [-0.39, 0.29) is 10.8 Å². The zero-order valence-corrected chi connectivity index (χ0v) is 14.6. The summed E-state index contributed by atoms with van der Waals surface area (Å²) < 4.78 is 0. The largest absolute Gasteiger partial charge is 0.253 e. The SMILES string of the molecule is CC1=C(/N=C(\C)C2=CC=CC(C)(C)C=C2)C=CC(C)(C)C=C1. The number of hydrogen-bond acceptors (Lipinski definition) is 1. The lowest BCUT2D eigenvalue weighted by atomic mass is 9.93. The van der Waals surface area contributed by atoms with Gasteiger partial charge in [-0.1, -0.05) is 76.3 Å². The van der Waals surface area contributed by atoms with Crippen molar-refractivity contribution in [3.05, 3.63) is 71.5 Å². The number of nitrogens with zero attached hydrogens (tertiary/aromatic N) is 1. The Kier molecular flexibility index (Phi) is 4.55. The average molecular weight is 293 g/mol. The third kappa shape index (κ3) is 4.30. The Morgan fingerprint density at radius 1 is 0.864 bits per heavy atom. The molecule has 0 saturated heterocycles. The molecule has 0 aliphatic heterocycles. The van der Waals surface area contributed by atoms with Gasteiger partial charge in [0.1, 0.15) is 0 Å². The maximum absolute atomic E-state index is 4.86. The molecule has 0 spiro atoms. The van der Waals surface area contributed by atoms with Crippen LogP contribution in [0.15, 0.2) is 76.5 Å². The first-order chi connectivity index (χ1) is 10.2. The Labute approximate surface area is 135 Å². The molecular weight excluding hydrogens is 266 g/mol. The van der Waals surface area contributed by atoms with Gasteiger partial charge in [-0.15, -0.1) is 0 Å². The van der Waals surface area contributed by atoms with Crippen molar-refractivity contribution in [3.8, 4) is 0 Å². The average Bonchev–Trinajstić information content (AvgIpc) is 2.68. The first-order valence-electron chi connectivity index (χ1n) is 7.92. The molecule has 2 aliphatic rings. The van der Waals surface area contributed by atoms with E-state index in [0.29, 0.717) is 0 Å². The van der Waals surface area contributed by atoms with Crippen molar-refractivity contribution < 1.29 is 0 Å². The van der Waals surface area contributed by atoms with E-state index in [1.807, 2.05) is 0 Å². The van der Waals surface area contributed by atoms with Crippen LogP contribution < -0.4 is 0 Å². The molecular formula is C21H27N. The second kappa shape index (κ2) is 6.08. The topological polar surface area (TPSA) is 12.4 Å². The number of hydrogen-bond donors (Lipinski definition) is 0. The monoisotopic (exact) mass is 293 g/mol. The molecule has 0 atom stereocenters. The van der Waals surface area contributed by atoms with E-state index in [2.05, 4.69) is 96.2 Å². The van der Waals surface area contributed by atoms with Gasteiger partial charge in [-0.2, -0.15) is 0 Å². The van der Waals surface area contributed by atoms with Gasteiger partial charge in [-0.3, -0.25) is 4.99 Å². The maximum Gasteiger partial charge on any atom is 0.0659 e. The van der Waals surface area contributed by atoms with Crippen molar-refractivity contribution in [3.63, 3.8) is 0 Å². The highest BCUT2D eigenvalue weighted by Crippen LogP contribution is 2.27. The lowest BCUT2D eigenvalue weighted by Gasteiger charge is -2.12. The minimum absolute atomic E-state index is 0.0840. The van der Waals surface area contributed by atoms with Crippen molar-refractivity contribution in [2.24, 2.45) is 15.8 Å². The van der Waals surface area contributed by atoms with Gasteiger partial charge >= 0.3 is 0 Å². The van der Waals surface area contributed by atoms with Crippen molar-refractivity contribution in [2.45, 2.75) is 41.5 Å². The molecule has 1 heteroatoms. The summed E-state index contributed by atoms with van der Waals surface area (Å²) in [6.07, 6.45) is 19.6. The van der Waals surface area contributed by atoms with E-state index in [0.717, 1.165) is 11.4 Å². The quantitative estimate of drug-likeness (QED) is 0.558. The third-order valence-corrected chi connectivity index (χ3v) is 4.04. The van der Waals surface area contributed by atoms with Gasteiger partial charge in [0.25, 0.3) is 0 Å². The van der Waals surface area contributed by atoms with Crippen LogP contribution in [0, 0.1) is 10.8 Å². The van der Waals surface area contributed by atoms with E-state index in [4.69, 9.17) is 4.99 Å². The summed E-state index contributed by atoms with van der Waals surface area (Å²) in [6.45, 7) is 13.0. The van der Waals surface area contributed by atoms with Gasteiger partial charge < -0.3 is 0 Å². The molecule has 0 bridgehead atoms. The number of allylic oxidation sites excluding steroid dienone is 11. The van der Waals surface area contributed by atoms with E-state index in [9.17, 15) is 0 Å².